The van der Waals surface area contributed by atoms with Crippen LogP contribution in [-0.2, 0) is 23.9 Å². The van der Waals surface area contributed by atoms with E-state index in [1.807, 2.05) is 5.38 Å². The van der Waals surface area contributed by atoms with Crippen molar-refractivity contribution in [3.63, 3.8) is 0 Å². The Kier molecular flexibility index (Phi) is 7.86. The molecule has 1 aromatic heterocycles. The summed E-state index contributed by atoms with van der Waals surface area (Å²) >= 11 is 1.61. The molecular weight excluding hydrogens is 447 g/mol. The molecule has 31 heavy (non-hydrogen) atoms. The number of nitrogens with zero attached hydrogens (tertiary/aromatic N) is 2. The largest absolute Gasteiger partial charge is 0.416 e. The topological polar surface area (TPSA) is 46.4 Å². The first kappa shape index (κ1) is 23.9. The Morgan fingerprint density at radius 1 is 1.10 bits per heavy atom. The van der Waals surface area contributed by atoms with Gasteiger partial charge in [-0.1, -0.05) is 31.4 Å². The molecule has 1 aromatic carbocycles. The zero-order valence-corrected chi connectivity index (χ0v) is 18.8. The van der Waals surface area contributed by atoms with Gasteiger partial charge in [0.2, 0.25) is 5.91 Å². The van der Waals surface area contributed by atoms with E-state index < -0.39 is 11.7 Å². The molecule has 4 nitrogen and oxygen atoms in total. The molecule has 2 aromatic rings. The second kappa shape index (κ2) is 10.2. The number of alkyl halides is 3. The lowest BCUT2D eigenvalue weighted by Gasteiger charge is -2.17. The molecule has 0 aliphatic heterocycles. The van der Waals surface area contributed by atoms with E-state index in [2.05, 4.69) is 9.88 Å². The molecule has 0 atom stereocenters. The lowest BCUT2D eigenvalue weighted by molar-refractivity contribution is -0.137. The fraction of sp³-hybridized carbons (Fsp3) is 0.545. The van der Waals surface area contributed by atoms with Crippen LogP contribution < -0.4 is 10.1 Å². The summed E-state index contributed by atoms with van der Waals surface area (Å²) in [4.78, 5) is 18.5. The number of amides is 1. The third kappa shape index (κ3) is 6.35. The molecule has 1 heterocycles. The Morgan fingerprint density at radius 3 is 2.39 bits per heavy atom. The van der Waals surface area contributed by atoms with Crippen molar-refractivity contribution in [1.82, 2.24) is 9.88 Å². The first-order chi connectivity index (χ1) is 14.4. The van der Waals surface area contributed by atoms with Gasteiger partial charge in [-0.3, -0.25) is 9.79 Å². The van der Waals surface area contributed by atoms with Crippen LogP contribution in [0.5, 0.6) is 0 Å². The summed E-state index contributed by atoms with van der Waals surface area (Å²) in [5.41, 5.74) is 0.933. The van der Waals surface area contributed by atoms with Crippen LogP contribution in [0, 0.1) is 0 Å². The van der Waals surface area contributed by atoms with Gasteiger partial charge < -0.3 is 9.88 Å². The molecular formula is C22H27ClF3N3OS. The molecule has 170 valence electrons. The summed E-state index contributed by atoms with van der Waals surface area (Å²) in [7, 11) is 0. The number of aromatic nitrogens is 1. The van der Waals surface area contributed by atoms with Crippen LogP contribution in [0.1, 0.15) is 67.8 Å². The molecule has 2 saturated carbocycles. The summed E-state index contributed by atoms with van der Waals surface area (Å²) in [6.07, 6.45) is 4.21. The molecule has 0 bridgehead atoms. The standard InChI is InChI=1S/C22H26F3N3OS.ClH/c23-22(24,25)16-8-6-15(7-9-16)13-26-20(29)12-19-14-30-21(28(19)18-10-11-18)27-17-4-2-1-3-5-17;/h6-9,14,17-18H,1-5,10-13H2,(H,26,29);1H. The number of carbonyl (C=O) groups is 1. The number of nitrogens with one attached hydrogen (secondary N) is 1. The van der Waals surface area contributed by atoms with E-state index in [4.69, 9.17) is 4.99 Å². The highest BCUT2D eigenvalue weighted by atomic mass is 35.5. The molecule has 0 spiro atoms. The van der Waals surface area contributed by atoms with Gasteiger partial charge in [0.1, 0.15) is 0 Å². The quantitative estimate of drug-likeness (QED) is 0.598. The van der Waals surface area contributed by atoms with E-state index >= 15 is 0 Å². The number of hydrogen-bond donors (Lipinski definition) is 1. The molecule has 2 fully saturated rings. The van der Waals surface area contributed by atoms with E-state index in [1.165, 1.54) is 31.4 Å². The number of hydrogen-bond acceptors (Lipinski definition) is 3. The van der Waals surface area contributed by atoms with Crippen molar-refractivity contribution in [2.45, 2.75) is 76.2 Å². The zero-order valence-electron chi connectivity index (χ0n) is 17.2. The van der Waals surface area contributed by atoms with Crippen molar-refractivity contribution >= 4 is 29.7 Å². The van der Waals surface area contributed by atoms with E-state index in [1.54, 1.807) is 11.3 Å². The Bertz CT molecular complexity index is 942. The minimum atomic E-state index is -4.35. The van der Waals surface area contributed by atoms with Gasteiger partial charge in [-0.2, -0.15) is 13.2 Å². The lowest BCUT2D eigenvalue weighted by Crippen LogP contribution is -2.27. The Labute approximate surface area is 190 Å². The highest BCUT2D eigenvalue weighted by Crippen LogP contribution is 2.35. The molecule has 1 N–H and O–H groups in total. The maximum Gasteiger partial charge on any atom is 0.416 e. The third-order valence-corrected chi connectivity index (χ3v) is 6.61. The van der Waals surface area contributed by atoms with E-state index in [0.29, 0.717) is 17.6 Å². The molecule has 9 heteroatoms. The predicted octanol–water partition coefficient (Wildman–Crippen LogP) is 5.42. The highest BCUT2D eigenvalue weighted by molar-refractivity contribution is 7.07. The maximum atomic E-state index is 12.7. The molecule has 0 unspecified atom stereocenters. The Hall–Kier alpha value is -1.80. The number of halogens is 4. The van der Waals surface area contributed by atoms with Crippen LogP contribution in [0.3, 0.4) is 0 Å². The zero-order chi connectivity index (χ0) is 21.1. The van der Waals surface area contributed by atoms with Crippen LogP contribution in [0.25, 0.3) is 0 Å². The van der Waals surface area contributed by atoms with Crippen molar-refractivity contribution in [2.24, 2.45) is 4.99 Å². The first-order valence-corrected chi connectivity index (χ1v) is 11.4. The minimum Gasteiger partial charge on any atom is -0.352 e. The minimum absolute atomic E-state index is 0. The molecule has 0 saturated heterocycles. The van der Waals surface area contributed by atoms with Gasteiger partial charge in [0.15, 0.2) is 4.80 Å². The van der Waals surface area contributed by atoms with E-state index in [9.17, 15) is 18.0 Å². The summed E-state index contributed by atoms with van der Waals surface area (Å²) in [5, 5.41) is 4.85. The van der Waals surface area contributed by atoms with Crippen molar-refractivity contribution in [2.75, 3.05) is 0 Å². The summed E-state index contributed by atoms with van der Waals surface area (Å²) < 4.78 is 40.2. The van der Waals surface area contributed by atoms with Gasteiger partial charge >= 0.3 is 6.18 Å². The van der Waals surface area contributed by atoms with Gasteiger partial charge in [0, 0.05) is 23.7 Å². The van der Waals surface area contributed by atoms with Gasteiger partial charge in [0.05, 0.1) is 18.0 Å². The van der Waals surface area contributed by atoms with E-state index in [-0.39, 0.29) is 31.3 Å². The highest BCUT2D eigenvalue weighted by Gasteiger charge is 2.30. The van der Waals surface area contributed by atoms with Gasteiger partial charge in [0.25, 0.3) is 0 Å². The first-order valence-electron chi connectivity index (χ1n) is 10.6. The average Bonchev–Trinajstić information content (AvgIpc) is 3.49. The van der Waals surface area contributed by atoms with Crippen LogP contribution in [-0.4, -0.2) is 16.5 Å². The second-order valence-electron chi connectivity index (χ2n) is 8.18. The lowest BCUT2D eigenvalue weighted by atomic mass is 9.96. The fourth-order valence-corrected chi connectivity index (χ4v) is 4.93. The van der Waals surface area contributed by atoms with Crippen LogP contribution in [0.2, 0.25) is 0 Å². The maximum absolute atomic E-state index is 12.7. The van der Waals surface area contributed by atoms with Crippen LogP contribution >= 0.6 is 23.7 Å². The van der Waals surface area contributed by atoms with Gasteiger partial charge in [-0.15, -0.1) is 23.7 Å². The molecule has 2 aliphatic rings. The number of benzene rings is 1. The summed E-state index contributed by atoms with van der Waals surface area (Å²) in [6, 6.07) is 5.72. The summed E-state index contributed by atoms with van der Waals surface area (Å²) in [6.45, 7) is 0.212. The average molecular weight is 474 g/mol. The molecule has 2 aliphatic carbocycles. The van der Waals surface area contributed by atoms with Gasteiger partial charge in [-0.05, 0) is 43.4 Å². The van der Waals surface area contributed by atoms with Gasteiger partial charge in [-0.25, -0.2) is 0 Å². The molecule has 1 amide bonds. The molecule has 0 radical (unpaired) electrons. The second-order valence-corrected chi connectivity index (χ2v) is 9.02. The van der Waals surface area contributed by atoms with Crippen LogP contribution in [0.15, 0.2) is 34.6 Å². The van der Waals surface area contributed by atoms with Crippen molar-refractivity contribution < 1.29 is 18.0 Å². The van der Waals surface area contributed by atoms with Crippen molar-refractivity contribution in [3.05, 3.63) is 51.3 Å². The molecule has 4 rings (SSSR count). The normalized spacial score (nSPS) is 18.0. The van der Waals surface area contributed by atoms with Crippen LogP contribution in [0.4, 0.5) is 13.2 Å². The number of rotatable bonds is 6. The summed E-state index contributed by atoms with van der Waals surface area (Å²) in [5.74, 6) is -0.133. The number of thiazole rings is 1. The Balaban J connectivity index is 0.00000272. The third-order valence-electron chi connectivity index (χ3n) is 5.71. The predicted molar refractivity (Wildman–Crippen MR) is 117 cm³/mol. The SMILES string of the molecule is Cl.O=C(Cc1csc(=NC2CCCCC2)n1C1CC1)NCc1ccc(C(F)(F)F)cc1. The monoisotopic (exact) mass is 473 g/mol. The van der Waals surface area contributed by atoms with E-state index in [0.717, 1.165) is 48.3 Å². The fourth-order valence-electron chi connectivity index (χ4n) is 3.91. The van der Waals surface area contributed by atoms with Crippen molar-refractivity contribution in [3.8, 4) is 0 Å². The van der Waals surface area contributed by atoms with Crippen molar-refractivity contribution in [1.29, 1.82) is 0 Å². The number of carbonyl (C=O) groups excluding carboxylic acids is 1. The Morgan fingerprint density at radius 2 is 1.77 bits per heavy atom. The smallest absolute Gasteiger partial charge is 0.352 e.